The number of H-pyrrole nitrogens is 1. The summed E-state index contributed by atoms with van der Waals surface area (Å²) < 4.78 is 50.5. The molecule has 4 N–H and O–H groups in total. The number of aliphatic hydroxyl groups is 2. The number of hydrogen-bond donors (Lipinski definition) is 4. The minimum atomic E-state index is -4.52. The van der Waals surface area contributed by atoms with E-state index in [-0.39, 0.29) is 5.75 Å². The quantitative estimate of drug-likeness (QED) is 0.249. The molecule has 2 heterocycles. The summed E-state index contributed by atoms with van der Waals surface area (Å²) in [5, 5.41) is 23.0. The zero-order chi connectivity index (χ0) is 26.7. The minimum absolute atomic E-state index is 0.0521. The monoisotopic (exact) mass is 531 g/mol. The number of aromatic nitrogens is 2. The van der Waals surface area contributed by atoms with Crippen LogP contribution in [0.15, 0.2) is 52.2 Å². The van der Waals surface area contributed by atoms with Gasteiger partial charge >= 0.3 is 19.4 Å². The van der Waals surface area contributed by atoms with Gasteiger partial charge < -0.3 is 24.2 Å². The highest BCUT2D eigenvalue weighted by Crippen LogP contribution is 2.48. The molecule has 1 aliphatic rings. The van der Waals surface area contributed by atoms with Crippen LogP contribution in [0.1, 0.15) is 27.0 Å². The SMILES string of the molecule is CC(C)OC(=O)[C@H](C)N[P@](=O)(OC[C@@]1(F)O[C@@H](n2ccc(=O)[nH]c2=O)[C@H](O)[C@@H]1O)Oc1ccccc1. The third-order valence-corrected chi connectivity index (χ3v) is 6.58. The molecule has 0 spiro atoms. The van der Waals surface area contributed by atoms with Crippen molar-refractivity contribution in [2.75, 3.05) is 6.61 Å². The third-order valence-electron chi connectivity index (χ3n) is 4.96. The number of carbonyl (C=O) groups excluding carboxylic acids is 1. The van der Waals surface area contributed by atoms with Crippen LogP contribution in [0.2, 0.25) is 0 Å². The van der Waals surface area contributed by atoms with Crippen LogP contribution in [0.25, 0.3) is 0 Å². The third kappa shape index (κ3) is 6.46. The standard InChI is InChI=1S/C21H27FN3O10P/c1-12(2)33-19(29)13(3)24-36(31,35-14-7-5-4-6-8-14)32-11-21(22)17(28)16(27)18(34-21)25-10-9-15(26)23-20(25)30/h4-10,12-13,16-18,27-28H,11H2,1-3H3,(H,24,31)(H,23,26,30)/t13-,16+,17-,18+,21+,36-/m0/s1. The predicted molar refractivity (Wildman–Crippen MR) is 122 cm³/mol. The van der Waals surface area contributed by atoms with Gasteiger partial charge in [0.2, 0.25) is 0 Å². The lowest BCUT2D eigenvalue weighted by atomic mass is 10.1. The van der Waals surface area contributed by atoms with Gasteiger partial charge in [0.1, 0.15) is 30.6 Å². The normalized spacial score (nSPS) is 26.4. The first-order valence-corrected chi connectivity index (χ1v) is 12.4. The highest BCUT2D eigenvalue weighted by atomic mass is 31.2. The summed E-state index contributed by atoms with van der Waals surface area (Å²) in [6, 6.07) is 7.38. The molecule has 1 saturated heterocycles. The Hall–Kier alpha value is -2.87. The van der Waals surface area contributed by atoms with E-state index in [4.69, 9.17) is 18.5 Å². The number of esters is 1. The van der Waals surface area contributed by atoms with E-state index in [1.54, 1.807) is 32.0 Å². The molecule has 0 aliphatic carbocycles. The van der Waals surface area contributed by atoms with Crippen LogP contribution in [0, 0.1) is 0 Å². The molecule has 1 fully saturated rings. The number of para-hydroxylation sites is 1. The van der Waals surface area contributed by atoms with Gasteiger partial charge in [0.05, 0.1) is 6.10 Å². The van der Waals surface area contributed by atoms with E-state index in [0.717, 1.165) is 12.3 Å². The number of carbonyl (C=O) groups is 1. The van der Waals surface area contributed by atoms with Crippen LogP contribution in [0.3, 0.4) is 0 Å². The largest absolute Gasteiger partial charge is 0.462 e. The highest BCUT2D eigenvalue weighted by molar-refractivity contribution is 7.52. The Kier molecular flexibility index (Phi) is 8.49. The fourth-order valence-electron chi connectivity index (χ4n) is 3.23. The molecule has 36 heavy (non-hydrogen) atoms. The second-order valence-electron chi connectivity index (χ2n) is 8.26. The second kappa shape index (κ2) is 11.0. The summed E-state index contributed by atoms with van der Waals surface area (Å²) in [7, 11) is -4.52. The van der Waals surface area contributed by atoms with Crippen molar-refractivity contribution in [1.29, 1.82) is 0 Å². The predicted octanol–water partition coefficient (Wildman–Crippen LogP) is 0.586. The van der Waals surface area contributed by atoms with Gasteiger partial charge in [-0.1, -0.05) is 18.2 Å². The number of aliphatic hydroxyl groups excluding tert-OH is 2. The molecular formula is C21H27FN3O10P. The Balaban J connectivity index is 1.81. The molecule has 0 amide bonds. The van der Waals surface area contributed by atoms with Crippen LogP contribution in [0.5, 0.6) is 5.75 Å². The Bertz CT molecular complexity index is 1220. The zero-order valence-electron chi connectivity index (χ0n) is 19.6. The molecule has 1 aliphatic heterocycles. The molecule has 3 rings (SSSR count). The molecule has 198 valence electrons. The van der Waals surface area contributed by atoms with Gasteiger partial charge in [0, 0.05) is 12.3 Å². The van der Waals surface area contributed by atoms with Gasteiger partial charge in [-0.05, 0) is 32.9 Å². The first-order chi connectivity index (χ1) is 16.8. The van der Waals surface area contributed by atoms with Crippen molar-refractivity contribution in [3.05, 3.63) is 63.4 Å². The van der Waals surface area contributed by atoms with E-state index in [9.17, 15) is 29.2 Å². The van der Waals surface area contributed by atoms with Crippen molar-refractivity contribution >= 4 is 13.7 Å². The van der Waals surface area contributed by atoms with Crippen LogP contribution < -0.4 is 20.9 Å². The Morgan fingerprint density at radius 3 is 2.53 bits per heavy atom. The maximum atomic E-state index is 15.6. The lowest BCUT2D eigenvalue weighted by molar-refractivity contribution is -0.204. The van der Waals surface area contributed by atoms with Gasteiger partial charge in [0.15, 0.2) is 6.23 Å². The summed E-state index contributed by atoms with van der Waals surface area (Å²) in [5.74, 6) is -3.90. The topological polar surface area (TPSA) is 178 Å². The molecule has 15 heteroatoms. The Labute approximate surface area is 204 Å². The van der Waals surface area contributed by atoms with Crippen molar-refractivity contribution in [3.8, 4) is 5.75 Å². The number of ether oxygens (including phenoxy) is 2. The summed E-state index contributed by atoms with van der Waals surface area (Å²) >= 11 is 0. The molecule has 13 nitrogen and oxygen atoms in total. The van der Waals surface area contributed by atoms with Gasteiger partial charge in [-0.25, -0.2) is 13.8 Å². The summed E-state index contributed by atoms with van der Waals surface area (Å²) in [5.41, 5.74) is -1.77. The number of benzene rings is 1. The fourth-order valence-corrected chi connectivity index (χ4v) is 4.73. The van der Waals surface area contributed by atoms with E-state index in [0.29, 0.717) is 4.57 Å². The number of halogens is 1. The van der Waals surface area contributed by atoms with Gasteiger partial charge in [-0.2, -0.15) is 5.09 Å². The zero-order valence-corrected chi connectivity index (χ0v) is 20.5. The summed E-state index contributed by atoms with van der Waals surface area (Å²) in [4.78, 5) is 37.4. The van der Waals surface area contributed by atoms with Gasteiger partial charge in [0.25, 0.3) is 11.4 Å². The number of nitrogens with zero attached hydrogens (tertiary/aromatic N) is 1. The van der Waals surface area contributed by atoms with Gasteiger partial charge in [-0.15, -0.1) is 0 Å². The van der Waals surface area contributed by atoms with Crippen molar-refractivity contribution < 1.29 is 42.5 Å². The Morgan fingerprint density at radius 2 is 1.92 bits per heavy atom. The van der Waals surface area contributed by atoms with Crippen LogP contribution in [0.4, 0.5) is 4.39 Å². The average molecular weight is 531 g/mol. The van der Waals surface area contributed by atoms with Crippen LogP contribution >= 0.6 is 7.75 Å². The number of alkyl halides is 1. The average Bonchev–Trinajstić information content (AvgIpc) is 3.02. The van der Waals surface area contributed by atoms with Crippen molar-refractivity contribution in [1.82, 2.24) is 14.6 Å². The molecule has 1 aromatic carbocycles. The van der Waals surface area contributed by atoms with Gasteiger partial charge in [-0.3, -0.25) is 23.7 Å². The number of nitrogens with one attached hydrogen (secondary N) is 2. The maximum absolute atomic E-state index is 15.6. The molecule has 0 bridgehead atoms. The van der Waals surface area contributed by atoms with E-state index >= 15 is 4.39 Å². The minimum Gasteiger partial charge on any atom is -0.462 e. The number of rotatable bonds is 10. The van der Waals surface area contributed by atoms with Crippen molar-refractivity contribution in [3.63, 3.8) is 0 Å². The Morgan fingerprint density at radius 1 is 1.25 bits per heavy atom. The van der Waals surface area contributed by atoms with Crippen LogP contribution in [-0.4, -0.2) is 62.5 Å². The van der Waals surface area contributed by atoms with E-state index in [1.165, 1.54) is 19.1 Å². The summed E-state index contributed by atoms with van der Waals surface area (Å²) in [6.07, 6.45) is -5.50. The fraction of sp³-hybridized carbons (Fsp3) is 0.476. The number of hydrogen-bond acceptors (Lipinski definition) is 10. The van der Waals surface area contributed by atoms with Crippen molar-refractivity contribution in [2.45, 2.75) is 57.2 Å². The van der Waals surface area contributed by atoms with E-state index in [2.05, 4.69) is 5.09 Å². The molecule has 0 unspecified atom stereocenters. The first-order valence-electron chi connectivity index (χ1n) is 10.9. The molecule has 2 aromatic rings. The highest BCUT2D eigenvalue weighted by Gasteiger charge is 2.57. The smallest absolute Gasteiger partial charge is 0.459 e. The van der Waals surface area contributed by atoms with Crippen LogP contribution in [-0.2, 0) is 23.4 Å². The van der Waals surface area contributed by atoms with E-state index in [1.807, 2.05) is 4.98 Å². The lowest BCUT2D eigenvalue weighted by Gasteiger charge is -2.27. The van der Waals surface area contributed by atoms with Crippen molar-refractivity contribution in [2.24, 2.45) is 0 Å². The number of aromatic amines is 1. The molecule has 1 aromatic heterocycles. The molecule has 0 radical (unpaired) electrons. The molecule has 6 atom stereocenters. The summed E-state index contributed by atoms with van der Waals surface area (Å²) in [6.45, 7) is 3.30. The first kappa shape index (κ1) is 27.7. The van der Waals surface area contributed by atoms with E-state index < -0.39 is 68.0 Å². The molecule has 0 saturated carbocycles. The second-order valence-corrected chi connectivity index (χ2v) is 9.95. The maximum Gasteiger partial charge on any atom is 0.459 e. The molecular weight excluding hydrogens is 504 g/mol. The lowest BCUT2D eigenvalue weighted by Crippen LogP contribution is -2.44.